The van der Waals surface area contributed by atoms with Crippen molar-refractivity contribution in [3.63, 3.8) is 0 Å². The number of ketones is 1. The number of carbonyl (C=O) groups excluding carboxylic acids is 1. The zero-order valence-electron chi connectivity index (χ0n) is 7.18. The Morgan fingerprint density at radius 2 is 1.64 bits per heavy atom. The van der Waals surface area contributed by atoms with Crippen LogP contribution in [0.5, 0.6) is 0 Å². The summed E-state index contributed by atoms with van der Waals surface area (Å²) in [5.41, 5.74) is 0. The van der Waals surface area contributed by atoms with Crippen LogP contribution in [0.3, 0.4) is 0 Å². The zero-order chi connectivity index (χ0) is 7.84. The molecule has 2 aliphatic carbocycles. The van der Waals surface area contributed by atoms with Gasteiger partial charge in [-0.25, -0.2) is 0 Å². The van der Waals surface area contributed by atoms with Gasteiger partial charge in [-0.2, -0.15) is 0 Å². The first-order chi connectivity index (χ1) is 5.30. The molecule has 2 saturated carbocycles. The smallest absolute Gasteiger partial charge is 0.133 e. The van der Waals surface area contributed by atoms with E-state index in [0.717, 1.165) is 11.8 Å². The lowest BCUT2D eigenvalue weighted by atomic mass is 10.1. The predicted octanol–water partition coefficient (Wildman–Crippen LogP) is 2.40. The Hall–Kier alpha value is -0.330. The molecule has 0 aliphatic heterocycles. The zero-order valence-corrected chi connectivity index (χ0v) is 7.18. The molecule has 2 unspecified atom stereocenters. The van der Waals surface area contributed by atoms with Crippen molar-refractivity contribution in [2.24, 2.45) is 17.8 Å². The van der Waals surface area contributed by atoms with Crippen molar-refractivity contribution >= 4 is 5.78 Å². The molecule has 0 spiro atoms. The van der Waals surface area contributed by atoms with Crippen molar-refractivity contribution in [2.45, 2.75) is 39.0 Å². The fourth-order valence-corrected chi connectivity index (χ4v) is 2.77. The summed E-state index contributed by atoms with van der Waals surface area (Å²) in [6.45, 7) is 1.76. The lowest BCUT2D eigenvalue weighted by Crippen LogP contribution is -1.97. The highest BCUT2D eigenvalue weighted by Gasteiger charge is 2.51. The molecule has 0 aromatic carbocycles. The number of carbonyl (C=O) groups is 1. The van der Waals surface area contributed by atoms with E-state index in [0.29, 0.717) is 11.7 Å². The van der Waals surface area contributed by atoms with Crippen LogP contribution in [0.2, 0.25) is 0 Å². The van der Waals surface area contributed by atoms with E-state index in [9.17, 15) is 4.79 Å². The van der Waals surface area contributed by atoms with Gasteiger partial charge in [-0.05, 0) is 31.6 Å². The van der Waals surface area contributed by atoms with Gasteiger partial charge in [0.2, 0.25) is 0 Å². The first-order valence-corrected chi connectivity index (χ1v) is 4.81. The van der Waals surface area contributed by atoms with Gasteiger partial charge in [0.05, 0.1) is 0 Å². The second-order valence-electron chi connectivity index (χ2n) is 4.10. The van der Waals surface area contributed by atoms with E-state index < -0.39 is 0 Å². The van der Waals surface area contributed by atoms with Crippen LogP contribution in [0.4, 0.5) is 0 Å². The van der Waals surface area contributed by atoms with Crippen LogP contribution in [0.1, 0.15) is 39.0 Å². The SMILES string of the molecule is CC(=O)C1C2CCCCCC21. The highest BCUT2D eigenvalue weighted by atomic mass is 16.1. The van der Waals surface area contributed by atoms with Crippen molar-refractivity contribution in [2.75, 3.05) is 0 Å². The monoisotopic (exact) mass is 152 g/mol. The quantitative estimate of drug-likeness (QED) is 0.564. The summed E-state index contributed by atoms with van der Waals surface area (Å²) < 4.78 is 0. The minimum atomic E-state index is 0.446. The summed E-state index contributed by atoms with van der Waals surface area (Å²) in [5, 5.41) is 0. The van der Waals surface area contributed by atoms with Gasteiger partial charge in [0.15, 0.2) is 0 Å². The molecule has 2 atom stereocenters. The van der Waals surface area contributed by atoms with Crippen LogP contribution in [0.15, 0.2) is 0 Å². The van der Waals surface area contributed by atoms with E-state index >= 15 is 0 Å². The van der Waals surface area contributed by atoms with E-state index in [1.54, 1.807) is 6.92 Å². The topological polar surface area (TPSA) is 17.1 Å². The summed E-state index contributed by atoms with van der Waals surface area (Å²) in [5.74, 6) is 2.53. The Morgan fingerprint density at radius 3 is 2.09 bits per heavy atom. The maximum absolute atomic E-state index is 11.1. The molecule has 0 amide bonds. The van der Waals surface area contributed by atoms with Gasteiger partial charge in [0.1, 0.15) is 5.78 Å². The van der Waals surface area contributed by atoms with Gasteiger partial charge in [-0.1, -0.05) is 19.3 Å². The number of rotatable bonds is 1. The van der Waals surface area contributed by atoms with E-state index in [1.165, 1.54) is 32.1 Å². The molecule has 2 aliphatic rings. The highest BCUT2D eigenvalue weighted by molar-refractivity contribution is 5.81. The summed E-state index contributed by atoms with van der Waals surface area (Å²) in [6, 6.07) is 0. The van der Waals surface area contributed by atoms with Crippen molar-refractivity contribution in [1.29, 1.82) is 0 Å². The first-order valence-electron chi connectivity index (χ1n) is 4.81. The van der Waals surface area contributed by atoms with Crippen LogP contribution >= 0.6 is 0 Å². The summed E-state index contributed by atoms with van der Waals surface area (Å²) in [7, 11) is 0. The molecule has 2 rings (SSSR count). The van der Waals surface area contributed by atoms with Crippen molar-refractivity contribution in [1.82, 2.24) is 0 Å². The van der Waals surface area contributed by atoms with Gasteiger partial charge in [0, 0.05) is 5.92 Å². The lowest BCUT2D eigenvalue weighted by Gasteiger charge is -1.97. The van der Waals surface area contributed by atoms with Crippen molar-refractivity contribution < 1.29 is 4.79 Å². The van der Waals surface area contributed by atoms with Crippen LogP contribution in [-0.4, -0.2) is 5.78 Å². The second-order valence-corrected chi connectivity index (χ2v) is 4.10. The van der Waals surface area contributed by atoms with E-state index in [1.807, 2.05) is 0 Å². The molecule has 0 saturated heterocycles. The van der Waals surface area contributed by atoms with Crippen LogP contribution in [0, 0.1) is 17.8 Å². The molecular weight excluding hydrogens is 136 g/mol. The molecule has 0 aromatic rings. The molecule has 2 fully saturated rings. The lowest BCUT2D eigenvalue weighted by molar-refractivity contribution is -0.118. The average Bonchev–Trinajstić information content (AvgIpc) is 2.57. The summed E-state index contributed by atoms with van der Waals surface area (Å²) >= 11 is 0. The molecule has 62 valence electrons. The van der Waals surface area contributed by atoms with E-state index in [4.69, 9.17) is 0 Å². The highest BCUT2D eigenvalue weighted by Crippen LogP contribution is 2.54. The molecule has 1 nitrogen and oxygen atoms in total. The number of hydrogen-bond donors (Lipinski definition) is 0. The van der Waals surface area contributed by atoms with Gasteiger partial charge < -0.3 is 0 Å². The summed E-state index contributed by atoms with van der Waals surface area (Å²) in [4.78, 5) is 11.1. The molecule has 0 heterocycles. The number of fused-ring (bicyclic) bond motifs is 1. The van der Waals surface area contributed by atoms with Crippen LogP contribution in [-0.2, 0) is 4.79 Å². The van der Waals surface area contributed by atoms with Gasteiger partial charge in [-0.3, -0.25) is 4.79 Å². The fourth-order valence-electron chi connectivity index (χ4n) is 2.77. The van der Waals surface area contributed by atoms with Gasteiger partial charge in [0.25, 0.3) is 0 Å². The standard InChI is InChI=1S/C10H16O/c1-7(11)10-8-5-3-2-4-6-9(8)10/h8-10H,2-6H2,1H3. The van der Waals surface area contributed by atoms with Crippen LogP contribution in [0.25, 0.3) is 0 Å². The Labute approximate surface area is 68.2 Å². The maximum atomic E-state index is 11.1. The molecule has 11 heavy (non-hydrogen) atoms. The number of Topliss-reactive ketones (excluding diaryl/α,β-unsaturated/α-hetero) is 1. The maximum Gasteiger partial charge on any atom is 0.133 e. The largest absolute Gasteiger partial charge is 0.300 e. The second kappa shape index (κ2) is 2.62. The number of hydrogen-bond acceptors (Lipinski definition) is 1. The average molecular weight is 152 g/mol. The van der Waals surface area contributed by atoms with E-state index in [-0.39, 0.29) is 0 Å². The summed E-state index contributed by atoms with van der Waals surface area (Å²) in [6.07, 6.45) is 6.79. The van der Waals surface area contributed by atoms with Crippen LogP contribution < -0.4 is 0 Å². The normalized spacial score (nSPS) is 42.5. The van der Waals surface area contributed by atoms with Gasteiger partial charge in [-0.15, -0.1) is 0 Å². The minimum Gasteiger partial charge on any atom is -0.300 e. The predicted molar refractivity (Wildman–Crippen MR) is 44.2 cm³/mol. The molecule has 0 N–H and O–H groups in total. The molecule has 1 heteroatoms. The Kier molecular flexibility index (Phi) is 1.74. The van der Waals surface area contributed by atoms with Gasteiger partial charge >= 0.3 is 0 Å². The minimum absolute atomic E-state index is 0.446. The third-order valence-electron chi connectivity index (χ3n) is 3.38. The third kappa shape index (κ3) is 1.21. The first kappa shape index (κ1) is 7.33. The molecular formula is C10H16O. The Bertz CT molecular complexity index is 162. The van der Waals surface area contributed by atoms with Crippen molar-refractivity contribution in [3.05, 3.63) is 0 Å². The molecule has 0 bridgehead atoms. The Morgan fingerprint density at radius 1 is 1.09 bits per heavy atom. The third-order valence-corrected chi connectivity index (χ3v) is 3.38. The van der Waals surface area contributed by atoms with E-state index in [2.05, 4.69) is 0 Å². The molecule has 0 radical (unpaired) electrons. The Balaban J connectivity index is 1.96. The van der Waals surface area contributed by atoms with Crippen molar-refractivity contribution in [3.8, 4) is 0 Å². The fraction of sp³-hybridized carbons (Fsp3) is 0.900. The molecule has 0 aromatic heterocycles.